The zero-order valence-electron chi connectivity index (χ0n) is 36.7. The van der Waals surface area contributed by atoms with Gasteiger partial charge in [0.05, 0.1) is 7.11 Å². The molecule has 0 aliphatic rings. The molecular formula is C55H53NO6. The Hall–Kier alpha value is -7.12. The third-order valence-corrected chi connectivity index (χ3v) is 11.5. The van der Waals surface area contributed by atoms with Gasteiger partial charge in [-0.25, -0.2) is 4.79 Å². The van der Waals surface area contributed by atoms with E-state index in [1.807, 2.05) is 80.6 Å². The van der Waals surface area contributed by atoms with Crippen LogP contribution >= 0.6 is 0 Å². The Balaban J connectivity index is 1.06. The van der Waals surface area contributed by atoms with E-state index in [9.17, 15) is 9.59 Å². The van der Waals surface area contributed by atoms with Crippen molar-refractivity contribution in [3.63, 3.8) is 0 Å². The Morgan fingerprint density at radius 1 is 0.532 bits per heavy atom. The van der Waals surface area contributed by atoms with E-state index in [2.05, 4.69) is 118 Å². The monoisotopic (exact) mass is 823 g/mol. The van der Waals surface area contributed by atoms with Crippen molar-refractivity contribution in [2.24, 2.45) is 0 Å². The summed E-state index contributed by atoms with van der Waals surface area (Å²) < 4.78 is 22.2. The summed E-state index contributed by atoms with van der Waals surface area (Å²) in [5.74, 6) is 1.80. The van der Waals surface area contributed by atoms with Gasteiger partial charge in [0, 0.05) is 35.3 Å². The maximum atomic E-state index is 13.1. The van der Waals surface area contributed by atoms with E-state index in [1.54, 1.807) is 13.2 Å². The number of methoxy groups -OCH3 is 1. The molecule has 0 N–H and O–H groups in total. The van der Waals surface area contributed by atoms with Gasteiger partial charge in [-0.3, -0.25) is 4.79 Å². The van der Waals surface area contributed by atoms with E-state index in [-0.39, 0.29) is 17.3 Å². The normalized spacial score (nSPS) is 11.7. The van der Waals surface area contributed by atoms with Crippen LogP contribution in [0.1, 0.15) is 76.8 Å². The number of carbonyl (C=O) groups is 2. The van der Waals surface area contributed by atoms with E-state index in [0.29, 0.717) is 17.2 Å². The smallest absolute Gasteiger partial charge is 0.497 e. The minimum absolute atomic E-state index is 0.0131. The summed E-state index contributed by atoms with van der Waals surface area (Å²) in [6.07, 6.45) is -0.0727. The number of esters is 1. The van der Waals surface area contributed by atoms with Crippen molar-refractivity contribution in [3.05, 3.63) is 208 Å². The largest absolute Gasteiger partial charge is 0.519 e. The SMILES string of the molecule is COc1ccc(C(Cc2ccc(N(c3ccc(C)cc3)c3ccc(C)cc3)cc2)c2ccc(OC(=O)Oc3ccc(C(C)(C)c4ccc(OC(C)=O)c(C)c4)cc3C)cc2)cc1. The average molecular weight is 824 g/mol. The summed E-state index contributed by atoms with van der Waals surface area (Å²) in [5, 5.41) is 0. The second-order valence-electron chi connectivity index (χ2n) is 16.4. The summed E-state index contributed by atoms with van der Waals surface area (Å²) in [6, 6.07) is 53.4. The zero-order valence-corrected chi connectivity index (χ0v) is 36.7. The third-order valence-electron chi connectivity index (χ3n) is 11.5. The summed E-state index contributed by atoms with van der Waals surface area (Å²) in [4.78, 5) is 26.9. The van der Waals surface area contributed by atoms with Gasteiger partial charge < -0.3 is 23.8 Å². The highest BCUT2D eigenvalue weighted by Gasteiger charge is 2.26. The average Bonchev–Trinajstić information content (AvgIpc) is 3.26. The fourth-order valence-electron chi connectivity index (χ4n) is 7.72. The van der Waals surface area contributed by atoms with Crippen LogP contribution in [0, 0.1) is 27.7 Å². The van der Waals surface area contributed by atoms with Gasteiger partial charge in [-0.05, 0) is 146 Å². The summed E-state index contributed by atoms with van der Waals surface area (Å²) in [7, 11) is 1.67. The second kappa shape index (κ2) is 18.7. The van der Waals surface area contributed by atoms with Gasteiger partial charge in [-0.2, -0.15) is 0 Å². The van der Waals surface area contributed by atoms with Crippen LogP contribution in [0.25, 0.3) is 0 Å². The van der Waals surface area contributed by atoms with Crippen LogP contribution < -0.4 is 23.8 Å². The van der Waals surface area contributed by atoms with Crippen LogP contribution in [0.2, 0.25) is 0 Å². The predicted molar refractivity (Wildman–Crippen MR) is 248 cm³/mol. The van der Waals surface area contributed by atoms with Crippen LogP contribution in [-0.4, -0.2) is 19.2 Å². The van der Waals surface area contributed by atoms with E-state index in [1.165, 1.54) is 23.6 Å². The number of rotatable bonds is 13. The molecule has 0 amide bonds. The van der Waals surface area contributed by atoms with Crippen molar-refractivity contribution < 1.29 is 28.5 Å². The van der Waals surface area contributed by atoms with E-state index in [0.717, 1.165) is 62.6 Å². The first-order valence-corrected chi connectivity index (χ1v) is 20.8. The molecule has 7 nitrogen and oxygen atoms in total. The second-order valence-corrected chi connectivity index (χ2v) is 16.4. The van der Waals surface area contributed by atoms with Crippen molar-refractivity contribution in [2.75, 3.05) is 12.0 Å². The number of nitrogens with zero attached hydrogens (tertiary/aromatic N) is 1. The molecule has 7 heteroatoms. The van der Waals surface area contributed by atoms with Gasteiger partial charge in [0.15, 0.2) is 0 Å². The molecule has 7 aromatic rings. The fraction of sp³-hybridized carbons (Fsp3) is 0.200. The first kappa shape index (κ1) is 43.0. The van der Waals surface area contributed by atoms with Crippen molar-refractivity contribution in [1.29, 1.82) is 0 Å². The molecular weight excluding hydrogens is 771 g/mol. The predicted octanol–water partition coefficient (Wildman–Crippen LogP) is 13.6. The van der Waals surface area contributed by atoms with Crippen molar-refractivity contribution >= 4 is 29.2 Å². The Kier molecular flexibility index (Phi) is 12.9. The third kappa shape index (κ3) is 10.1. The summed E-state index contributed by atoms with van der Waals surface area (Å²) >= 11 is 0. The van der Waals surface area contributed by atoms with Crippen LogP contribution in [-0.2, 0) is 16.6 Å². The summed E-state index contributed by atoms with van der Waals surface area (Å²) in [5.41, 5.74) is 12.5. The van der Waals surface area contributed by atoms with Crippen molar-refractivity contribution in [2.45, 2.75) is 66.2 Å². The molecule has 0 spiro atoms. The molecule has 0 aliphatic carbocycles. The van der Waals surface area contributed by atoms with Crippen LogP contribution in [0.15, 0.2) is 158 Å². The highest BCUT2D eigenvalue weighted by Crippen LogP contribution is 2.38. The molecule has 62 heavy (non-hydrogen) atoms. The lowest BCUT2D eigenvalue weighted by Gasteiger charge is -2.27. The molecule has 0 heterocycles. The number of hydrogen-bond donors (Lipinski definition) is 0. The molecule has 0 radical (unpaired) electrons. The molecule has 0 fully saturated rings. The van der Waals surface area contributed by atoms with Crippen LogP contribution in [0.4, 0.5) is 21.9 Å². The minimum Gasteiger partial charge on any atom is -0.497 e. The number of benzene rings is 7. The first-order chi connectivity index (χ1) is 29.8. The topological polar surface area (TPSA) is 74.3 Å². The lowest BCUT2D eigenvalue weighted by molar-refractivity contribution is -0.131. The lowest BCUT2D eigenvalue weighted by Crippen LogP contribution is -2.20. The maximum absolute atomic E-state index is 13.1. The first-order valence-electron chi connectivity index (χ1n) is 20.8. The molecule has 0 aromatic heterocycles. The van der Waals surface area contributed by atoms with Gasteiger partial charge in [-0.15, -0.1) is 0 Å². The van der Waals surface area contributed by atoms with Gasteiger partial charge in [0.2, 0.25) is 0 Å². The molecule has 1 atom stereocenters. The number of anilines is 3. The standard InChI is InChI=1S/C55H53NO6/c1-36-9-21-46(22-10-36)56(47-23-11-37(2)12-24-47)48-25-13-41(14-26-48)35-51(42-15-27-49(59-8)28-16-42)43-17-29-50(30-18-43)61-54(58)62-53-32-20-45(34-39(53)4)55(6,7)44-19-31-52(38(3)33-44)60-40(5)57/h9-34,51H,35H2,1-8H3. The highest BCUT2D eigenvalue weighted by molar-refractivity contribution is 5.77. The molecule has 7 rings (SSSR count). The lowest BCUT2D eigenvalue weighted by atomic mass is 9.77. The van der Waals surface area contributed by atoms with Gasteiger partial charge in [0.1, 0.15) is 23.0 Å². The molecule has 1 unspecified atom stereocenters. The zero-order chi connectivity index (χ0) is 44.0. The van der Waals surface area contributed by atoms with Crippen LogP contribution in [0.3, 0.4) is 0 Å². The van der Waals surface area contributed by atoms with Gasteiger partial charge in [-0.1, -0.05) is 110 Å². The Morgan fingerprint density at radius 3 is 1.40 bits per heavy atom. The van der Waals surface area contributed by atoms with Crippen LogP contribution in [0.5, 0.6) is 23.0 Å². The number of carbonyl (C=O) groups excluding carboxylic acids is 2. The maximum Gasteiger partial charge on any atom is 0.519 e. The van der Waals surface area contributed by atoms with Gasteiger partial charge >= 0.3 is 12.1 Å². The number of aryl methyl sites for hydroxylation is 4. The molecule has 0 saturated carbocycles. The highest BCUT2D eigenvalue weighted by atomic mass is 16.7. The Bertz CT molecular complexity index is 2600. The summed E-state index contributed by atoms with van der Waals surface area (Å²) in [6.45, 7) is 13.7. The van der Waals surface area contributed by atoms with Crippen molar-refractivity contribution in [1.82, 2.24) is 0 Å². The van der Waals surface area contributed by atoms with E-state index < -0.39 is 6.16 Å². The Labute approximate surface area is 365 Å². The fourth-order valence-corrected chi connectivity index (χ4v) is 7.72. The molecule has 0 aliphatic heterocycles. The Morgan fingerprint density at radius 2 is 0.968 bits per heavy atom. The van der Waals surface area contributed by atoms with Crippen molar-refractivity contribution in [3.8, 4) is 23.0 Å². The quantitative estimate of drug-likeness (QED) is 0.0651. The van der Waals surface area contributed by atoms with Gasteiger partial charge in [0.25, 0.3) is 0 Å². The molecule has 314 valence electrons. The molecule has 7 aromatic carbocycles. The molecule has 0 bridgehead atoms. The number of ether oxygens (including phenoxy) is 4. The number of hydrogen-bond acceptors (Lipinski definition) is 7. The van der Waals surface area contributed by atoms with E-state index in [4.69, 9.17) is 18.9 Å². The van der Waals surface area contributed by atoms with E-state index >= 15 is 0 Å². The minimum atomic E-state index is -0.818. The molecule has 0 saturated heterocycles.